The molecule has 0 bridgehead atoms. The van der Waals surface area contributed by atoms with Crippen LogP contribution in [0.4, 0.5) is 10.5 Å². The van der Waals surface area contributed by atoms with Gasteiger partial charge in [-0.15, -0.1) is 0 Å². The molecule has 2 rings (SSSR count). The summed E-state index contributed by atoms with van der Waals surface area (Å²) in [6, 6.07) is 4.81. The molecule has 1 aliphatic rings. The van der Waals surface area contributed by atoms with Crippen LogP contribution in [0.25, 0.3) is 0 Å². The highest BCUT2D eigenvalue weighted by molar-refractivity contribution is 7.90. The van der Waals surface area contributed by atoms with E-state index in [1.54, 1.807) is 19.1 Å². The van der Waals surface area contributed by atoms with Crippen LogP contribution in [0.15, 0.2) is 23.1 Å². The van der Waals surface area contributed by atoms with Crippen LogP contribution in [0.2, 0.25) is 0 Å². The Morgan fingerprint density at radius 2 is 2.00 bits per heavy atom. The highest BCUT2D eigenvalue weighted by atomic mass is 32.2. The monoisotopic (exact) mass is 310 g/mol. The molecule has 6 heteroatoms. The summed E-state index contributed by atoms with van der Waals surface area (Å²) in [7, 11) is -3.23. The van der Waals surface area contributed by atoms with E-state index in [4.69, 9.17) is 0 Å². The number of aryl methyl sites for hydroxylation is 1. The van der Waals surface area contributed by atoms with E-state index in [9.17, 15) is 13.2 Å². The summed E-state index contributed by atoms with van der Waals surface area (Å²) in [6.07, 6.45) is 4.35. The highest BCUT2D eigenvalue weighted by Crippen LogP contribution is 2.25. The average Bonchev–Trinajstić information content (AvgIpc) is 2.72. The van der Waals surface area contributed by atoms with E-state index in [0.29, 0.717) is 17.2 Å². The summed E-state index contributed by atoms with van der Waals surface area (Å²) < 4.78 is 23.1. The molecule has 1 fully saturated rings. The lowest BCUT2D eigenvalue weighted by atomic mass is 10.1. The van der Waals surface area contributed by atoms with Gasteiger partial charge < -0.3 is 10.6 Å². The molecule has 116 valence electrons. The van der Waals surface area contributed by atoms with E-state index < -0.39 is 9.84 Å². The minimum absolute atomic E-state index is 0.233. The van der Waals surface area contributed by atoms with Gasteiger partial charge in [0.15, 0.2) is 9.84 Å². The second-order valence-corrected chi connectivity index (χ2v) is 7.95. The van der Waals surface area contributed by atoms with E-state index in [1.807, 2.05) is 0 Å². The summed E-state index contributed by atoms with van der Waals surface area (Å²) in [5.74, 6) is 0.659. The van der Waals surface area contributed by atoms with E-state index in [2.05, 4.69) is 17.6 Å². The van der Waals surface area contributed by atoms with Crippen molar-refractivity contribution < 1.29 is 13.2 Å². The molecule has 1 aromatic rings. The van der Waals surface area contributed by atoms with Gasteiger partial charge in [-0.05, 0) is 55.9 Å². The first-order valence-corrected chi connectivity index (χ1v) is 9.03. The molecule has 0 spiro atoms. The normalized spacial score (nSPS) is 22.0. The summed E-state index contributed by atoms with van der Waals surface area (Å²) in [4.78, 5) is 12.2. The molecule has 2 atom stereocenters. The maximum atomic E-state index is 11.9. The van der Waals surface area contributed by atoms with Crippen molar-refractivity contribution in [3.63, 3.8) is 0 Å². The van der Waals surface area contributed by atoms with Gasteiger partial charge in [-0.25, -0.2) is 13.2 Å². The molecule has 1 aromatic carbocycles. The minimum Gasteiger partial charge on any atom is -0.335 e. The van der Waals surface area contributed by atoms with Gasteiger partial charge in [0.05, 0.1) is 4.90 Å². The lowest BCUT2D eigenvalue weighted by molar-refractivity contribution is 0.248. The second kappa shape index (κ2) is 6.05. The molecule has 0 aromatic heterocycles. The molecular formula is C15H22N2O3S. The first-order valence-electron chi connectivity index (χ1n) is 7.14. The van der Waals surface area contributed by atoms with Crippen molar-refractivity contribution >= 4 is 21.6 Å². The van der Waals surface area contributed by atoms with Crippen molar-refractivity contribution in [2.45, 2.75) is 44.0 Å². The van der Waals surface area contributed by atoms with Crippen molar-refractivity contribution in [2.24, 2.45) is 5.92 Å². The SMILES string of the molecule is Cc1cc(NC(=O)N[C@@H]2CC[C@H](C)C2)ccc1S(C)(=O)=O. The number of anilines is 1. The molecule has 0 saturated heterocycles. The molecule has 1 aliphatic carbocycles. The van der Waals surface area contributed by atoms with Crippen LogP contribution in [0, 0.1) is 12.8 Å². The van der Waals surface area contributed by atoms with Gasteiger partial charge >= 0.3 is 6.03 Å². The van der Waals surface area contributed by atoms with Crippen LogP contribution in [-0.2, 0) is 9.84 Å². The fourth-order valence-electron chi connectivity index (χ4n) is 2.83. The topological polar surface area (TPSA) is 75.3 Å². The molecule has 5 nitrogen and oxygen atoms in total. The van der Waals surface area contributed by atoms with Crippen LogP contribution in [0.5, 0.6) is 0 Å². The minimum atomic E-state index is -3.23. The lowest BCUT2D eigenvalue weighted by Gasteiger charge is -2.14. The van der Waals surface area contributed by atoms with Crippen LogP contribution in [-0.4, -0.2) is 26.7 Å². The van der Waals surface area contributed by atoms with Crippen molar-refractivity contribution in [3.05, 3.63) is 23.8 Å². The summed E-state index contributed by atoms with van der Waals surface area (Å²) in [5, 5.41) is 5.71. The van der Waals surface area contributed by atoms with Crippen LogP contribution >= 0.6 is 0 Å². The molecule has 0 heterocycles. The van der Waals surface area contributed by atoms with Crippen LogP contribution in [0.3, 0.4) is 0 Å². The number of carbonyl (C=O) groups excluding carboxylic acids is 1. The Hall–Kier alpha value is -1.56. The Morgan fingerprint density at radius 3 is 2.52 bits per heavy atom. The molecule has 0 radical (unpaired) electrons. The Morgan fingerprint density at radius 1 is 1.29 bits per heavy atom. The molecule has 1 saturated carbocycles. The third-order valence-electron chi connectivity index (χ3n) is 3.86. The van der Waals surface area contributed by atoms with E-state index >= 15 is 0 Å². The predicted octanol–water partition coefficient (Wildman–Crippen LogP) is 2.71. The molecule has 2 amide bonds. The number of hydrogen-bond acceptors (Lipinski definition) is 3. The molecule has 2 N–H and O–H groups in total. The van der Waals surface area contributed by atoms with Crippen molar-refractivity contribution in [1.82, 2.24) is 5.32 Å². The van der Waals surface area contributed by atoms with Gasteiger partial charge in [-0.1, -0.05) is 6.92 Å². The summed E-state index contributed by atoms with van der Waals surface area (Å²) in [5.41, 5.74) is 1.23. The number of amides is 2. The Bertz CT molecular complexity index is 640. The van der Waals surface area contributed by atoms with Crippen LogP contribution < -0.4 is 10.6 Å². The largest absolute Gasteiger partial charge is 0.335 e. The number of rotatable bonds is 3. The van der Waals surface area contributed by atoms with Gasteiger partial charge in [0.2, 0.25) is 0 Å². The van der Waals surface area contributed by atoms with Gasteiger partial charge in [0.25, 0.3) is 0 Å². The van der Waals surface area contributed by atoms with Crippen molar-refractivity contribution in [2.75, 3.05) is 11.6 Å². The number of urea groups is 1. The number of carbonyl (C=O) groups is 1. The summed E-state index contributed by atoms with van der Waals surface area (Å²) >= 11 is 0. The maximum Gasteiger partial charge on any atom is 0.319 e. The van der Waals surface area contributed by atoms with Crippen molar-refractivity contribution in [1.29, 1.82) is 0 Å². The average molecular weight is 310 g/mol. The maximum absolute atomic E-state index is 11.9. The number of benzene rings is 1. The highest BCUT2D eigenvalue weighted by Gasteiger charge is 2.22. The number of sulfone groups is 1. The fraction of sp³-hybridized carbons (Fsp3) is 0.533. The smallest absolute Gasteiger partial charge is 0.319 e. The Labute approximate surface area is 126 Å². The summed E-state index contributed by atoms with van der Waals surface area (Å²) in [6.45, 7) is 3.91. The Kier molecular flexibility index (Phi) is 4.56. The number of hydrogen-bond donors (Lipinski definition) is 2. The standard InChI is InChI=1S/C15H22N2O3S/c1-10-4-5-12(8-10)16-15(18)17-13-6-7-14(11(2)9-13)21(3,19)20/h6-7,9-10,12H,4-5,8H2,1-3H3,(H2,16,17,18)/t10-,12+/m0/s1. The third-order valence-corrected chi connectivity index (χ3v) is 5.12. The van der Waals surface area contributed by atoms with Gasteiger partial charge in [0.1, 0.15) is 0 Å². The molecular weight excluding hydrogens is 288 g/mol. The first-order chi connectivity index (χ1) is 9.75. The fourth-order valence-corrected chi connectivity index (χ4v) is 3.79. The molecule has 0 unspecified atom stereocenters. The van der Waals surface area contributed by atoms with Crippen molar-refractivity contribution in [3.8, 4) is 0 Å². The van der Waals surface area contributed by atoms with E-state index in [0.717, 1.165) is 19.3 Å². The van der Waals surface area contributed by atoms with E-state index in [-0.39, 0.29) is 17.0 Å². The zero-order valence-electron chi connectivity index (χ0n) is 12.6. The zero-order chi connectivity index (χ0) is 15.6. The molecule has 0 aliphatic heterocycles. The Balaban J connectivity index is 2.00. The quantitative estimate of drug-likeness (QED) is 0.901. The van der Waals surface area contributed by atoms with Crippen LogP contribution in [0.1, 0.15) is 31.7 Å². The molecule has 21 heavy (non-hydrogen) atoms. The number of nitrogens with one attached hydrogen (secondary N) is 2. The van der Waals surface area contributed by atoms with Gasteiger partial charge in [0, 0.05) is 18.0 Å². The second-order valence-electron chi connectivity index (χ2n) is 5.97. The zero-order valence-corrected chi connectivity index (χ0v) is 13.5. The predicted molar refractivity (Wildman–Crippen MR) is 83.2 cm³/mol. The third kappa shape index (κ3) is 4.20. The first kappa shape index (κ1) is 15.8. The lowest BCUT2D eigenvalue weighted by Crippen LogP contribution is -2.36. The van der Waals surface area contributed by atoms with E-state index in [1.165, 1.54) is 12.3 Å². The van der Waals surface area contributed by atoms with Gasteiger partial charge in [-0.2, -0.15) is 0 Å². The van der Waals surface area contributed by atoms with Gasteiger partial charge in [-0.3, -0.25) is 0 Å².